The van der Waals surface area contributed by atoms with Crippen LogP contribution in [0.25, 0.3) is 0 Å². The Morgan fingerprint density at radius 3 is 2.70 bits per heavy atom. The van der Waals surface area contributed by atoms with E-state index in [4.69, 9.17) is 28.5 Å². The zero-order valence-electron chi connectivity index (χ0n) is 10.9. The standard InChI is InChI=1S/C13H12Cl2N2O2S/c1-19-13(18)10(6-16)12(20-2)17-7-8-3-4-9(14)5-11(8)15/h3-5,17H,7H2,1-2H3/b12-10-. The molecule has 0 atom stereocenters. The first-order valence-electron chi connectivity index (χ1n) is 5.48. The largest absolute Gasteiger partial charge is 0.465 e. The molecule has 1 aromatic rings. The average Bonchev–Trinajstić information content (AvgIpc) is 2.44. The van der Waals surface area contributed by atoms with Gasteiger partial charge in [-0.15, -0.1) is 11.8 Å². The Bertz CT molecular complexity index is 582. The number of thioether (sulfide) groups is 1. The molecule has 0 heterocycles. The van der Waals surface area contributed by atoms with Crippen LogP contribution in [0, 0.1) is 11.3 Å². The fraction of sp³-hybridized carbons (Fsp3) is 0.231. The van der Waals surface area contributed by atoms with E-state index in [1.807, 2.05) is 6.07 Å². The summed E-state index contributed by atoms with van der Waals surface area (Å²) in [6.45, 7) is 0.369. The SMILES string of the molecule is COC(=O)/C(C#N)=C(/NCc1ccc(Cl)cc1Cl)SC. The topological polar surface area (TPSA) is 62.1 Å². The number of hydrogen-bond acceptors (Lipinski definition) is 5. The smallest absolute Gasteiger partial charge is 0.351 e. The van der Waals surface area contributed by atoms with Crippen LogP contribution in [0.4, 0.5) is 0 Å². The minimum absolute atomic E-state index is 0.0647. The van der Waals surface area contributed by atoms with Crippen LogP contribution in [0.15, 0.2) is 28.8 Å². The maximum atomic E-state index is 11.5. The van der Waals surface area contributed by atoms with Gasteiger partial charge in [-0.3, -0.25) is 0 Å². The summed E-state index contributed by atoms with van der Waals surface area (Å²) in [5.74, 6) is -0.674. The van der Waals surface area contributed by atoms with Gasteiger partial charge in [-0.25, -0.2) is 4.79 Å². The first-order chi connectivity index (χ1) is 9.53. The molecule has 20 heavy (non-hydrogen) atoms. The fourth-order valence-corrected chi connectivity index (χ4v) is 2.42. The molecule has 0 aliphatic rings. The first-order valence-corrected chi connectivity index (χ1v) is 7.46. The van der Waals surface area contributed by atoms with E-state index >= 15 is 0 Å². The second kappa shape index (κ2) is 8.05. The highest BCUT2D eigenvalue weighted by atomic mass is 35.5. The van der Waals surface area contributed by atoms with Crippen molar-refractivity contribution in [2.24, 2.45) is 0 Å². The number of rotatable bonds is 5. The molecule has 0 aromatic heterocycles. The van der Waals surface area contributed by atoms with Crippen molar-refractivity contribution in [3.05, 3.63) is 44.4 Å². The second-order valence-corrected chi connectivity index (χ2v) is 5.26. The molecule has 106 valence electrons. The molecule has 7 heteroatoms. The van der Waals surface area contributed by atoms with Crippen molar-refractivity contribution in [3.63, 3.8) is 0 Å². The Balaban J connectivity index is 2.92. The lowest BCUT2D eigenvalue weighted by atomic mass is 10.2. The predicted octanol–water partition coefficient (Wildman–Crippen LogP) is 3.35. The molecular weight excluding hydrogens is 319 g/mol. The van der Waals surface area contributed by atoms with Crippen LogP contribution in [0.3, 0.4) is 0 Å². The van der Waals surface area contributed by atoms with Crippen molar-refractivity contribution in [2.75, 3.05) is 13.4 Å². The van der Waals surface area contributed by atoms with Crippen molar-refractivity contribution < 1.29 is 9.53 Å². The van der Waals surface area contributed by atoms with Gasteiger partial charge in [-0.05, 0) is 24.0 Å². The number of methoxy groups -OCH3 is 1. The zero-order valence-corrected chi connectivity index (χ0v) is 13.2. The number of nitriles is 1. The van der Waals surface area contributed by atoms with Crippen molar-refractivity contribution in [1.82, 2.24) is 5.32 Å². The number of benzene rings is 1. The van der Waals surface area contributed by atoms with E-state index in [2.05, 4.69) is 10.1 Å². The quantitative estimate of drug-likeness (QED) is 0.509. The van der Waals surface area contributed by atoms with Gasteiger partial charge in [-0.1, -0.05) is 29.3 Å². The third-order valence-corrected chi connectivity index (χ3v) is 3.73. The van der Waals surface area contributed by atoms with Crippen LogP contribution in [-0.4, -0.2) is 19.3 Å². The van der Waals surface area contributed by atoms with Gasteiger partial charge in [0.2, 0.25) is 0 Å². The lowest BCUT2D eigenvalue weighted by Gasteiger charge is -2.11. The number of hydrogen-bond donors (Lipinski definition) is 1. The van der Waals surface area contributed by atoms with Gasteiger partial charge in [0.25, 0.3) is 0 Å². The molecule has 1 rings (SSSR count). The van der Waals surface area contributed by atoms with Crippen LogP contribution < -0.4 is 5.32 Å². The maximum Gasteiger partial charge on any atom is 0.351 e. The number of nitrogens with one attached hydrogen (secondary N) is 1. The highest BCUT2D eigenvalue weighted by Gasteiger charge is 2.15. The van der Waals surface area contributed by atoms with Crippen molar-refractivity contribution in [3.8, 4) is 6.07 Å². The Morgan fingerprint density at radius 2 is 2.20 bits per heavy atom. The molecular formula is C13H12Cl2N2O2S. The number of esters is 1. The minimum Gasteiger partial charge on any atom is -0.465 e. The molecule has 1 N–H and O–H groups in total. The highest BCUT2D eigenvalue weighted by Crippen LogP contribution is 2.22. The molecule has 0 fully saturated rings. The van der Waals surface area contributed by atoms with Crippen LogP contribution >= 0.6 is 35.0 Å². The lowest BCUT2D eigenvalue weighted by Crippen LogP contribution is -2.16. The third kappa shape index (κ3) is 4.34. The first kappa shape index (κ1) is 16.7. The lowest BCUT2D eigenvalue weighted by molar-refractivity contribution is -0.135. The Hall–Kier alpha value is -1.35. The van der Waals surface area contributed by atoms with E-state index in [1.54, 1.807) is 24.5 Å². The van der Waals surface area contributed by atoms with Gasteiger partial charge < -0.3 is 10.1 Å². The highest BCUT2D eigenvalue weighted by molar-refractivity contribution is 8.02. The Morgan fingerprint density at radius 1 is 1.50 bits per heavy atom. The molecule has 0 amide bonds. The fourth-order valence-electron chi connectivity index (χ4n) is 1.39. The third-order valence-electron chi connectivity index (χ3n) is 2.39. The van der Waals surface area contributed by atoms with E-state index < -0.39 is 5.97 Å². The van der Waals surface area contributed by atoms with Gasteiger partial charge in [0.05, 0.1) is 12.1 Å². The molecule has 4 nitrogen and oxygen atoms in total. The number of halogens is 2. The van der Waals surface area contributed by atoms with Gasteiger partial charge in [0.1, 0.15) is 6.07 Å². The maximum absolute atomic E-state index is 11.5. The summed E-state index contributed by atoms with van der Waals surface area (Å²) in [7, 11) is 1.23. The van der Waals surface area contributed by atoms with Crippen molar-refractivity contribution in [1.29, 1.82) is 5.26 Å². The zero-order chi connectivity index (χ0) is 15.1. The van der Waals surface area contributed by atoms with Crippen molar-refractivity contribution in [2.45, 2.75) is 6.54 Å². The molecule has 0 unspecified atom stereocenters. The summed E-state index contributed by atoms with van der Waals surface area (Å²) in [5.41, 5.74) is 0.745. The summed E-state index contributed by atoms with van der Waals surface area (Å²) in [6, 6.07) is 6.96. The van der Waals surface area contributed by atoms with Gasteiger partial charge in [0.15, 0.2) is 5.57 Å². The molecule has 0 bridgehead atoms. The van der Waals surface area contributed by atoms with Crippen LogP contribution in [0.1, 0.15) is 5.56 Å². The molecule has 0 saturated heterocycles. The number of ether oxygens (including phenoxy) is 1. The monoisotopic (exact) mass is 330 g/mol. The van der Waals surface area contributed by atoms with Crippen LogP contribution in [0.5, 0.6) is 0 Å². The molecule has 0 spiro atoms. The van der Waals surface area contributed by atoms with E-state index in [9.17, 15) is 4.79 Å². The Kier molecular flexibility index (Phi) is 6.73. The summed E-state index contributed by atoms with van der Waals surface area (Å²) >= 11 is 13.1. The number of carbonyl (C=O) groups excluding carboxylic acids is 1. The summed E-state index contributed by atoms with van der Waals surface area (Å²) in [5, 5.41) is 13.5. The Labute approximate surface area is 131 Å². The van der Waals surface area contributed by atoms with Crippen molar-refractivity contribution >= 4 is 40.9 Å². The minimum atomic E-state index is -0.674. The van der Waals surface area contributed by atoms with E-state index in [1.165, 1.54) is 18.9 Å². The molecule has 1 aromatic carbocycles. The average molecular weight is 331 g/mol. The summed E-state index contributed by atoms with van der Waals surface area (Å²) in [6.07, 6.45) is 1.76. The van der Waals surface area contributed by atoms with Crippen LogP contribution in [0.2, 0.25) is 10.0 Å². The predicted molar refractivity (Wildman–Crippen MR) is 81.5 cm³/mol. The van der Waals surface area contributed by atoms with Crippen LogP contribution in [-0.2, 0) is 16.1 Å². The van der Waals surface area contributed by atoms with Gasteiger partial charge in [-0.2, -0.15) is 5.26 Å². The van der Waals surface area contributed by atoms with Gasteiger partial charge >= 0.3 is 5.97 Å². The molecule has 0 saturated carbocycles. The molecule has 0 aliphatic carbocycles. The molecule has 0 aliphatic heterocycles. The number of nitrogens with zero attached hydrogens (tertiary/aromatic N) is 1. The summed E-state index contributed by atoms with van der Waals surface area (Å²) in [4.78, 5) is 11.5. The van der Waals surface area contributed by atoms with E-state index in [0.29, 0.717) is 21.6 Å². The number of carbonyl (C=O) groups is 1. The van der Waals surface area contributed by atoms with E-state index in [0.717, 1.165) is 5.56 Å². The van der Waals surface area contributed by atoms with E-state index in [-0.39, 0.29) is 5.57 Å². The molecule has 0 radical (unpaired) electrons. The summed E-state index contributed by atoms with van der Waals surface area (Å²) < 4.78 is 4.56. The normalized spacial score (nSPS) is 11.3. The second-order valence-electron chi connectivity index (χ2n) is 3.60. The van der Waals surface area contributed by atoms with Gasteiger partial charge in [0, 0.05) is 16.6 Å².